The molecule has 0 spiro atoms. The monoisotopic (exact) mass is 361 g/mol. The van der Waals surface area contributed by atoms with Crippen molar-refractivity contribution in [2.24, 2.45) is 5.73 Å². The van der Waals surface area contributed by atoms with Gasteiger partial charge >= 0.3 is 0 Å². The van der Waals surface area contributed by atoms with Gasteiger partial charge in [-0.25, -0.2) is 0 Å². The van der Waals surface area contributed by atoms with Crippen molar-refractivity contribution in [2.45, 2.75) is 58.2 Å². The number of rotatable bonds is 4. The SMILES string of the molecule is Cc1cc(C(=O)NC2CCC(N)CC2)c(C)n1Cc1ccccc1.Cl. The van der Waals surface area contributed by atoms with Crippen molar-refractivity contribution in [3.05, 3.63) is 58.9 Å². The van der Waals surface area contributed by atoms with Crippen LogP contribution in [0.15, 0.2) is 36.4 Å². The highest BCUT2D eigenvalue weighted by Crippen LogP contribution is 2.20. The number of carbonyl (C=O) groups excluding carboxylic acids is 1. The molecule has 1 aromatic carbocycles. The van der Waals surface area contributed by atoms with Crippen molar-refractivity contribution >= 4 is 18.3 Å². The third kappa shape index (κ3) is 4.65. The summed E-state index contributed by atoms with van der Waals surface area (Å²) in [5, 5.41) is 3.19. The molecule has 1 aromatic heterocycles. The largest absolute Gasteiger partial charge is 0.349 e. The van der Waals surface area contributed by atoms with Gasteiger partial charge in [0.25, 0.3) is 5.91 Å². The molecule has 3 rings (SSSR count). The van der Waals surface area contributed by atoms with Crippen molar-refractivity contribution in [2.75, 3.05) is 0 Å². The molecule has 3 N–H and O–H groups in total. The molecule has 2 aromatic rings. The average Bonchev–Trinajstić information content (AvgIpc) is 2.86. The lowest BCUT2D eigenvalue weighted by molar-refractivity contribution is 0.0925. The van der Waals surface area contributed by atoms with E-state index in [9.17, 15) is 4.79 Å². The van der Waals surface area contributed by atoms with Crippen molar-refractivity contribution < 1.29 is 4.79 Å². The van der Waals surface area contributed by atoms with Gasteiger partial charge in [-0.2, -0.15) is 0 Å². The van der Waals surface area contributed by atoms with E-state index in [1.165, 1.54) is 5.56 Å². The Balaban J connectivity index is 0.00000225. The van der Waals surface area contributed by atoms with E-state index in [1.54, 1.807) is 0 Å². The van der Waals surface area contributed by atoms with Gasteiger partial charge in [-0.05, 0) is 51.2 Å². The van der Waals surface area contributed by atoms with Crippen LogP contribution >= 0.6 is 12.4 Å². The third-order valence-electron chi connectivity index (χ3n) is 5.11. The smallest absolute Gasteiger partial charge is 0.253 e. The highest BCUT2D eigenvalue weighted by atomic mass is 35.5. The van der Waals surface area contributed by atoms with Crippen LogP contribution in [-0.2, 0) is 6.54 Å². The van der Waals surface area contributed by atoms with Gasteiger partial charge in [0.2, 0.25) is 0 Å². The Labute approximate surface area is 156 Å². The van der Waals surface area contributed by atoms with Gasteiger partial charge in [0.15, 0.2) is 0 Å². The van der Waals surface area contributed by atoms with E-state index in [2.05, 4.69) is 28.9 Å². The predicted octanol–water partition coefficient (Wildman–Crippen LogP) is 3.57. The number of nitrogens with two attached hydrogens (primary N) is 1. The predicted molar refractivity (Wildman–Crippen MR) is 104 cm³/mol. The normalized spacial score (nSPS) is 20.0. The van der Waals surface area contributed by atoms with Crippen molar-refractivity contribution in [1.29, 1.82) is 0 Å². The summed E-state index contributed by atoms with van der Waals surface area (Å²) >= 11 is 0. The highest BCUT2D eigenvalue weighted by molar-refractivity contribution is 5.95. The summed E-state index contributed by atoms with van der Waals surface area (Å²) in [4.78, 5) is 12.7. The lowest BCUT2D eigenvalue weighted by atomic mass is 9.91. The second-order valence-electron chi connectivity index (χ2n) is 6.94. The first-order valence-corrected chi connectivity index (χ1v) is 8.81. The number of carbonyl (C=O) groups is 1. The molecule has 1 heterocycles. The summed E-state index contributed by atoms with van der Waals surface area (Å²) < 4.78 is 2.21. The van der Waals surface area contributed by atoms with E-state index in [0.717, 1.165) is 49.2 Å². The summed E-state index contributed by atoms with van der Waals surface area (Å²) in [6, 6.07) is 12.9. The molecule has 0 aliphatic heterocycles. The maximum absolute atomic E-state index is 12.7. The minimum absolute atomic E-state index is 0. The molecular weight excluding hydrogens is 334 g/mol. The Kier molecular flexibility index (Phi) is 6.68. The number of nitrogens with zero attached hydrogens (tertiary/aromatic N) is 1. The van der Waals surface area contributed by atoms with E-state index < -0.39 is 0 Å². The first-order chi connectivity index (χ1) is 11.5. The quantitative estimate of drug-likeness (QED) is 0.874. The molecule has 1 fully saturated rings. The molecule has 0 saturated heterocycles. The molecular formula is C20H28ClN3O. The molecule has 25 heavy (non-hydrogen) atoms. The maximum Gasteiger partial charge on any atom is 0.253 e. The number of benzene rings is 1. The van der Waals surface area contributed by atoms with E-state index in [-0.39, 0.29) is 24.4 Å². The topological polar surface area (TPSA) is 60.1 Å². The van der Waals surface area contributed by atoms with Crippen molar-refractivity contribution in [3.63, 3.8) is 0 Å². The number of hydrogen-bond donors (Lipinski definition) is 2. The summed E-state index contributed by atoms with van der Waals surface area (Å²) in [7, 11) is 0. The molecule has 0 unspecified atom stereocenters. The van der Waals surface area contributed by atoms with Crippen LogP contribution in [0.1, 0.15) is 53.0 Å². The van der Waals surface area contributed by atoms with Crippen LogP contribution in [0.25, 0.3) is 0 Å². The van der Waals surface area contributed by atoms with Gasteiger partial charge in [-0.1, -0.05) is 30.3 Å². The summed E-state index contributed by atoms with van der Waals surface area (Å²) in [5.74, 6) is 0.0443. The number of aromatic nitrogens is 1. The number of hydrogen-bond acceptors (Lipinski definition) is 2. The summed E-state index contributed by atoms with van der Waals surface area (Å²) in [5.41, 5.74) is 10.1. The van der Waals surface area contributed by atoms with Gasteiger partial charge < -0.3 is 15.6 Å². The first kappa shape index (κ1) is 19.5. The summed E-state index contributed by atoms with van der Waals surface area (Å²) in [6.45, 7) is 4.89. The fraction of sp³-hybridized carbons (Fsp3) is 0.450. The number of nitrogens with one attached hydrogen (secondary N) is 1. The molecule has 1 aliphatic carbocycles. The van der Waals surface area contributed by atoms with E-state index in [4.69, 9.17) is 5.73 Å². The Bertz CT molecular complexity index is 703. The van der Waals surface area contributed by atoms with Gasteiger partial charge in [0.1, 0.15) is 0 Å². The lowest BCUT2D eigenvalue weighted by Gasteiger charge is -2.26. The standard InChI is InChI=1S/C20H27N3O.ClH/c1-14-12-19(20(24)22-18-10-8-17(21)9-11-18)15(2)23(14)13-16-6-4-3-5-7-16;/h3-7,12,17-18H,8-11,13,21H2,1-2H3,(H,22,24);1H. The van der Waals surface area contributed by atoms with Gasteiger partial charge in [-0.15, -0.1) is 12.4 Å². The second kappa shape index (κ2) is 8.54. The van der Waals surface area contributed by atoms with E-state index in [0.29, 0.717) is 6.04 Å². The Morgan fingerprint density at radius 3 is 2.44 bits per heavy atom. The molecule has 0 radical (unpaired) electrons. The van der Waals surface area contributed by atoms with Crippen molar-refractivity contribution in [3.8, 4) is 0 Å². The Morgan fingerprint density at radius 1 is 1.16 bits per heavy atom. The molecule has 5 heteroatoms. The molecule has 4 nitrogen and oxygen atoms in total. The van der Waals surface area contributed by atoms with E-state index >= 15 is 0 Å². The van der Waals surface area contributed by atoms with Crippen LogP contribution in [0.2, 0.25) is 0 Å². The van der Waals surface area contributed by atoms with Gasteiger partial charge in [-0.3, -0.25) is 4.79 Å². The molecule has 1 saturated carbocycles. The number of aryl methyl sites for hydroxylation is 1. The Morgan fingerprint density at radius 2 is 1.80 bits per heavy atom. The Hall–Kier alpha value is -1.78. The summed E-state index contributed by atoms with van der Waals surface area (Å²) in [6.07, 6.45) is 3.96. The lowest BCUT2D eigenvalue weighted by Crippen LogP contribution is -2.40. The van der Waals surface area contributed by atoms with Crippen LogP contribution in [0, 0.1) is 13.8 Å². The molecule has 0 atom stereocenters. The van der Waals surface area contributed by atoms with Crippen molar-refractivity contribution in [1.82, 2.24) is 9.88 Å². The molecule has 0 bridgehead atoms. The molecule has 1 amide bonds. The van der Waals surface area contributed by atoms with Crippen LogP contribution in [0.5, 0.6) is 0 Å². The third-order valence-corrected chi connectivity index (χ3v) is 5.11. The number of amides is 1. The van der Waals surface area contributed by atoms with Crippen LogP contribution < -0.4 is 11.1 Å². The maximum atomic E-state index is 12.7. The zero-order valence-corrected chi connectivity index (χ0v) is 15.8. The van der Waals surface area contributed by atoms with Gasteiger partial charge in [0.05, 0.1) is 5.56 Å². The van der Waals surface area contributed by atoms with Crippen LogP contribution in [-0.4, -0.2) is 22.6 Å². The zero-order chi connectivity index (χ0) is 17.1. The fourth-order valence-electron chi connectivity index (χ4n) is 3.57. The minimum Gasteiger partial charge on any atom is -0.349 e. The van der Waals surface area contributed by atoms with Crippen LogP contribution in [0.4, 0.5) is 0 Å². The van der Waals surface area contributed by atoms with Crippen LogP contribution in [0.3, 0.4) is 0 Å². The molecule has 1 aliphatic rings. The molecule has 136 valence electrons. The second-order valence-corrected chi connectivity index (χ2v) is 6.94. The van der Waals surface area contributed by atoms with E-state index in [1.807, 2.05) is 31.2 Å². The minimum atomic E-state index is 0. The first-order valence-electron chi connectivity index (χ1n) is 8.81. The number of halogens is 1. The highest BCUT2D eigenvalue weighted by Gasteiger charge is 2.22. The average molecular weight is 362 g/mol. The zero-order valence-electron chi connectivity index (χ0n) is 15.0. The fourth-order valence-corrected chi connectivity index (χ4v) is 3.57. The van der Waals surface area contributed by atoms with Gasteiger partial charge in [0, 0.05) is 30.0 Å².